The van der Waals surface area contributed by atoms with Crippen molar-refractivity contribution in [2.45, 2.75) is 6.36 Å². The molecule has 1 N–H and O–H groups in total. The summed E-state index contributed by atoms with van der Waals surface area (Å²) in [6.45, 7) is 0. The first-order valence-electron chi connectivity index (χ1n) is 4.58. The minimum atomic E-state index is -4.85. The van der Waals surface area contributed by atoms with Gasteiger partial charge in [-0.1, -0.05) is 0 Å². The minimum absolute atomic E-state index is 0.0224. The first-order valence-corrected chi connectivity index (χ1v) is 4.58. The molecule has 0 saturated carbocycles. The molecule has 0 bridgehead atoms. The second-order valence-electron chi connectivity index (χ2n) is 3.13. The van der Waals surface area contributed by atoms with Crippen LogP contribution in [-0.4, -0.2) is 23.7 Å². The molecule has 0 unspecified atom stereocenters. The van der Waals surface area contributed by atoms with E-state index in [1.54, 1.807) is 0 Å². The van der Waals surface area contributed by atoms with E-state index in [0.717, 1.165) is 24.3 Å². The molecule has 18 heavy (non-hydrogen) atoms. The van der Waals surface area contributed by atoms with Gasteiger partial charge < -0.3 is 9.84 Å². The topological polar surface area (TPSA) is 63.6 Å². The van der Waals surface area contributed by atoms with Gasteiger partial charge in [0, 0.05) is 11.6 Å². The highest BCUT2D eigenvalue weighted by atomic mass is 19.4. The fourth-order valence-corrected chi connectivity index (χ4v) is 1.16. The van der Waals surface area contributed by atoms with E-state index in [9.17, 15) is 22.8 Å². The van der Waals surface area contributed by atoms with E-state index >= 15 is 0 Å². The molecule has 0 aliphatic carbocycles. The number of carbonyl (C=O) groups is 2. The van der Waals surface area contributed by atoms with Crippen molar-refractivity contribution in [2.24, 2.45) is 0 Å². The molecule has 4 nitrogen and oxygen atoms in total. The van der Waals surface area contributed by atoms with Crippen LogP contribution in [0.25, 0.3) is 6.08 Å². The number of halogens is 3. The summed E-state index contributed by atoms with van der Waals surface area (Å²) in [5.41, 5.74) is 0.0798. The molecule has 0 aliphatic heterocycles. The molecule has 1 aromatic rings. The van der Waals surface area contributed by atoms with Crippen molar-refractivity contribution in [1.29, 1.82) is 0 Å². The molecule has 0 aromatic heterocycles. The van der Waals surface area contributed by atoms with Gasteiger partial charge >= 0.3 is 12.3 Å². The molecule has 0 radical (unpaired) electrons. The lowest BCUT2D eigenvalue weighted by Crippen LogP contribution is -2.17. The smallest absolute Gasteiger partial charge is 0.478 e. The number of ether oxygens (including phenoxy) is 1. The van der Waals surface area contributed by atoms with Crippen LogP contribution in [0.3, 0.4) is 0 Å². The quantitative estimate of drug-likeness (QED) is 0.667. The fourth-order valence-electron chi connectivity index (χ4n) is 1.16. The molecule has 0 atom stereocenters. The number of aldehydes is 1. The Bertz CT molecular complexity index is 492. The fraction of sp³-hybridized carbons (Fsp3) is 0.0909. The van der Waals surface area contributed by atoms with Crippen LogP contribution in [0.2, 0.25) is 0 Å². The number of aliphatic carboxylic acids is 1. The van der Waals surface area contributed by atoms with Gasteiger partial charge in [0.05, 0.1) is 0 Å². The van der Waals surface area contributed by atoms with Crippen LogP contribution >= 0.6 is 0 Å². The van der Waals surface area contributed by atoms with Gasteiger partial charge in [-0.3, -0.25) is 4.79 Å². The molecular weight excluding hydrogens is 253 g/mol. The van der Waals surface area contributed by atoms with E-state index in [1.165, 1.54) is 0 Å². The molecule has 0 spiro atoms. The van der Waals surface area contributed by atoms with E-state index < -0.39 is 18.1 Å². The van der Waals surface area contributed by atoms with Gasteiger partial charge in [-0.2, -0.15) is 0 Å². The van der Waals surface area contributed by atoms with Crippen LogP contribution in [0, 0.1) is 0 Å². The van der Waals surface area contributed by atoms with E-state index in [1.807, 2.05) is 0 Å². The Kier molecular flexibility index (Phi) is 4.09. The zero-order valence-corrected chi connectivity index (χ0v) is 8.77. The molecule has 7 heteroatoms. The van der Waals surface area contributed by atoms with Crippen molar-refractivity contribution in [3.05, 3.63) is 35.4 Å². The van der Waals surface area contributed by atoms with Gasteiger partial charge in [0.2, 0.25) is 0 Å². The first kappa shape index (κ1) is 13.8. The highest BCUT2D eigenvalue weighted by Crippen LogP contribution is 2.25. The summed E-state index contributed by atoms with van der Waals surface area (Å²) in [6.07, 6.45) is -2.73. The van der Waals surface area contributed by atoms with Gasteiger partial charge in [-0.25, -0.2) is 4.79 Å². The van der Waals surface area contributed by atoms with Gasteiger partial charge in [-0.15, -0.1) is 13.2 Å². The highest BCUT2D eigenvalue weighted by Gasteiger charge is 2.31. The number of rotatable bonds is 4. The van der Waals surface area contributed by atoms with Gasteiger partial charge in [0.25, 0.3) is 0 Å². The normalized spacial score (nSPS) is 11.5. The third kappa shape index (κ3) is 4.28. The third-order valence-electron chi connectivity index (χ3n) is 1.82. The zero-order chi connectivity index (χ0) is 13.8. The predicted octanol–water partition coefficient (Wildman–Crippen LogP) is 2.50. The molecule has 0 fully saturated rings. The van der Waals surface area contributed by atoms with Crippen LogP contribution in [0.4, 0.5) is 13.2 Å². The molecule has 0 heterocycles. The van der Waals surface area contributed by atoms with Gasteiger partial charge in [0.15, 0.2) is 6.29 Å². The summed E-state index contributed by atoms with van der Waals surface area (Å²) in [5.74, 6) is -1.81. The number of carboxylic acid groups (broad SMARTS) is 1. The van der Waals surface area contributed by atoms with E-state index in [0.29, 0.717) is 12.4 Å². The molecular formula is C11H7F3O4. The van der Waals surface area contributed by atoms with Crippen molar-refractivity contribution >= 4 is 18.3 Å². The summed E-state index contributed by atoms with van der Waals surface area (Å²) in [6, 6.07) is 3.00. The summed E-state index contributed by atoms with van der Waals surface area (Å²) in [5, 5.41) is 8.41. The summed E-state index contributed by atoms with van der Waals surface area (Å²) in [4.78, 5) is 20.9. The SMILES string of the molecule is O=Cc1ccc(OC(F)(F)F)cc1/C=C/C(=O)O. The van der Waals surface area contributed by atoms with Gasteiger partial charge in [0.1, 0.15) is 5.75 Å². The molecule has 0 saturated heterocycles. The lowest BCUT2D eigenvalue weighted by molar-refractivity contribution is -0.274. The van der Waals surface area contributed by atoms with Crippen molar-refractivity contribution in [1.82, 2.24) is 0 Å². The largest absolute Gasteiger partial charge is 0.573 e. The van der Waals surface area contributed by atoms with Crippen LogP contribution in [0.1, 0.15) is 15.9 Å². The summed E-state index contributed by atoms with van der Waals surface area (Å²) in [7, 11) is 0. The standard InChI is InChI=1S/C11H7F3O4/c12-11(13,14)18-9-3-1-8(6-15)7(5-9)2-4-10(16)17/h1-6H,(H,16,17)/b4-2+. The van der Waals surface area contributed by atoms with E-state index in [2.05, 4.69) is 4.74 Å². The minimum Gasteiger partial charge on any atom is -0.478 e. The highest BCUT2D eigenvalue weighted by molar-refractivity contribution is 5.89. The van der Waals surface area contributed by atoms with Crippen LogP contribution in [0.15, 0.2) is 24.3 Å². The van der Waals surface area contributed by atoms with Crippen LogP contribution in [0.5, 0.6) is 5.75 Å². The molecule has 1 rings (SSSR count). The average molecular weight is 260 g/mol. The Morgan fingerprint density at radius 2 is 1.94 bits per heavy atom. The Morgan fingerprint density at radius 3 is 2.44 bits per heavy atom. The Hall–Kier alpha value is -2.31. The number of hydrogen-bond acceptors (Lipinski definition) is 3. The molecule has 0 aliphatic rings. The molecule has 0 amide bonds. The third-order valence-corrected chi connectivity index (χ3v) is 1.82. The number of alkyl halides is 3. The lowest BCUT2D eigenvalue weighted by atomic mass is 10.1. The molecule has 96 valence electrons. The lowest BCUT2D eigenvalue weighted by Gasteiger charge is -2.09. The second-order valence-corrected chi connectivity index (χ2v) is 3.13. The monoisotopic (exact) mass is 260 g/mol. The maximum atomic E-state index is 12.0. The maximum absolute atomic E-state index is 12.0. The van der Waals surface area contributed by atoms with Crippen molar-refractivity contribution in [3.63, 3.8) is 0 Å². The number of benzene rings is 1. The maximum Gasteiger partial charge on any atom is 0.573 e. The number of hydrogen-bond donors (Lipinski definition) is 1. The van der Waals surface area contributed by atoms with E-state index in [-0.39, 0.29) is 11.1 Å². The van der Waals surface area contributed by atoms with Gasteiger partial charge in [-0.05, 0) is 29.8 Å². The number of carboxylic acids is 1. The Balaban J connectivity index is 3.09. The molecule has 1 aromatic carbocycles. The average Bonchev–Trinajstić information content (AvgIpc) is 2.24. The number of carbonyl (C=O) groups excluding carboxylic acids is 1. The van der Waals surface area contributed by atoms with Crippen molar-refractivity contribution in [2.75, 3.05) is 0 Å². The predicted molar refractivity (Wildman–Crippen MR) is 55.2 cm³/mol. The summed E-state index contributed by atoms with van der Waals surface area (Å²) >= 11 is 0. The second kappa shape index (κ2) is 5.35. The van der Waals surface area contributed by atoms with Crippen molar-refractivity contribution in [3.8, 4) is 5.75 Å². The summed E-state index contributed by atoms with van der Waals surface area (Å²) < 4.78 is 39.5. The first-order chi connectivity index (χ1) is 8.31. The van der Waals surface area contributed by atoms with E-state index in [4.69, 9.17) is 5.11 Å². The van der Waals surface area contributed by atoms with Crippen molar-refractivity contribution < 1.29 is 32.6 Å². The van der Waals surface area contributed by atoms with Crippen LogP contribution < -0.4 is 4.74 Å². The zero-order valence-electron chi connectivity index (χ0n) is 8.77. The Morgan fingerprint density at radius 1 is 1.28 bits per heavy atom. The Labute approximate surface area is 99.3 Å². The van der Waals surface area contributed by atoms with Crippen LogP contribution in [-0.2, 0) is 4.79 Å².